The summed E-state index contributed by atoms with van der Waals surface area (Å²) in [6.07, 6.45) is 1.63. The Hall–Kier alpha value is -1.69. The fourth-order valence-corrected chi connectivity index (χ4v) is 3.32. The van der Waals surface area contributed by atoms with Crippen LogP contribution in [0.1, 0.15) is 12.8 Å². The van der Waals surface area contributed by atoms with Crippen molar-refractivity contribution in [1.29, 1.82) is 0 Å². The maximum Gasteiger partial charge on any atom is 0.225 e. The van der Waals surface area contributed by atoms with Crippen molar-refractivity contribution in [3.05, 3.63) is 16.9 Å². The molecule has 2 heterocycles. The molecule has 2 unspecified atom stereocenters. The summed E-state index contributed by atoms with van der Waals surface area (Å²) in [6.45, 7) is 1.15. The number of rotatable bonds is 1. The van der Waals surface area contributed by atoms with Crippen molar-refractivity contribution < 1.29 is 9.18 Å². The summed E-state index contributed by atoms with van der Waals surface area (Å²) >= 11 is 5.88. The second-order valence-corrected chi connectivity index (χ2v) is 5.66. The molecular weight excluding hydrogens is 283 g/mol. The largest absolute Gasteiger partial charge is 0.397 e. The third-order valence-electron chi connectivity index (χ3n) is 4.13. The van der Waals surface area contributed by atoms with Gasteiger partial charge < -0.3 is 21.7 Å². The van der Waals surface area contributed by atoms with E-state index in [-0.39, 0.29) is 40.0 Å². The number of amides is 1. The van der Waals surface area contributed by atoms with E-state index < -0.39 is 5.82 Å². The van der Waals surface area contributed by atoms with Crippen LogP contribution in [0.3, 0.4) is 0 Å². The van der Waals surface area contributed by atoms with Crippen molar-refractivity contribution >= 4 is 34.6 Å². The molecule has 1 amide bonds. The van der Waals surface area contributed by atoms with Gasteiger partial charge in [0.2, 0.25) is 5.91 Å². The molecular formula is C13H16ClFN4O. The number of carbonyl (C=O) groups excluding carboxylic acids is 1. The summed E-state index contributed by atoms with van der Waals surface area (Å²) in [7, 11) is 0. The van der Waals surface area contributed by atoms with Crippen molar-refractivity contribution in [2.75, 3.05) is 29.5 Å². The lowest BCUT2D eigenvalue weighted by Crippen LogP contribution is -2.46. The number of fused-ring (bicyclic) bond motifs is 1. The summed E-state index contributed by atoms with van der Waals surface area (Å²) in [5.41, 5.74) is 12.2. The van der Waals surface area contributed by atoms with E-state index in [2.05, 4.69) is 5.32 Å². The van der Waals surface area contributed by atoms with Crippen molar-refractivity contribution in [3.8, 4) is 0 Å². The minimum Gasteiger partial charge on any atom is -0.397 e. The van der Waals surface area contributed by atoms with Gasteiger partial charge in [-0.1, -0.05) is 11.6 Å². The Bertz CT molecular complexity index is 580. The minimum absolute atomic E-state index is 0.0280. The van der Waals surface area contributed by atoms with E-state index >= 15 is 0 Å². The van der Waals surface area contributed by atoms with Crippen LogP contribution in [0.2, 0.25) is 5.02 Å². The third-order valence-corrected chi connectivity index (χ3v) is 4.51. The van der Waals surface area contributed by atoms with Crippen molar-refractivity contribution in [3.63, 3.8) is 0 Å². The molecule has 0 aliphatic carbocycles. The molecule has 20 heavy (non-hydrogen) atoms. The fraction of sp³-hybridized carbons (Fsp3) is 0.462. The minimum atomic E-state index is -0.607. The fourth-order valence-electron chi connectivity index (χ4n) is 3.18. The first-order chi connectivity index (χ1) is 9.50. The maximum atomic E-state index is 14.4. The molecule has 2 atom stereocenters. The summed E-state index contributed by atoms with van der Waals surface area (Å²) in [6, 6.07) is 1.39. The molecule has 1 aromatic carbocycles. The van der Waals surface area contributed by atoms with Crippen LogP contribution in [-0.2, 0) is 4.79 Å². The Balaban J connectivity index is 2.05. The molecule has 2 aliphatic heterocycles. The average molecular weight is 299 g/mol. The third kappa shape index (κ3) is 1.86. The first-order valence-electron chi connectivity index (χ1n) is 6.58. The van der Waals surface area contributed by atoms with Gasteiger partial charge in [-0.2, -0.15) is 0 Å². The van der Waals surface area contributed by atoms with Crippen LogP contribution in [-0.4, -0.2) is 25.0 Å². The van der Waals surface area contributed by atoms with E-state index in [0.29, 0.717) is 13.1 Å². The number of anilines is 3. The number of nitrogens with two attached hydrogens (primary N) is 2. The van der Waals surface area contributed by atoms with Gasteiger partial charge in [0, 0.05) is 13.1 Å². The van der Waals surface area contributed by atoms with E-state index in [0.717, 1.165) is 12.8 Å². The standard InChI is InChI=1S/C13H16ClFN4O/c14-10-7(16)4-8(17)12(11(10)15)19-3-1-2-6-9(19)5-18-13(6)20/h4,6,9H,1-3,5,16-17H2,(H,18,20). The zero-order valence-corrected chi connectivity index (χ0v) is 11.6. The predicted molar refractivity (Wildman–Crippen MR) is 77.1 cm³/mol. The number of piperidine rings is 1. The smallest absolute Gasteiger partial charge is 0.225 e. The van der Waals surface area contributed by atoms with Crippen LogP contribution in [0.25, 0.3) is 0 Å². The van der Waals surface area contributed by atoms with Gasteiger partial charge in [-0.15, -0.1) is 0 Å². The van der Waals surface area contributed by atoms with Gasteiger partial charge in [0.15, 0.2) is 5.82 Å². The van der Waals surface area contributed by atoms with E-state index in [1.807, 2.05) is 4.90 Å². The molecule has 7 heteroatoms. The normalized spacial score (nSPS) is 25.5. The Morgan fingerprint density at radius 1 is 1.40 bits per heavy atom. The van der Waals surface area contributed by atoms with Gasteiger partial charge in [-0.05, 0) is 18.9 Å². The highest BCUT2D eigenvalue weighted by molar-refractivity contribution is 6.33. The van der Waals surface area contributed by atoms with Crippen LogP contribution >= 0.6 is 11.6 Å². The molecule has 1 aromatic rings. The second-order valence-electron chi connectivity index (χ2n) is 5.29. The van der Waals surface area contributed by atoms with Gasteiger partial charge in [0.1, 0.15) is 5.02 Å². The first kappa shape index (κ1) is 13.3. The van der Waals surface area contributed by atoms with Gasteiger partial charge in [0.05, 0.1) is 29.0 Å². The van der Waals surface area contributed by atoms with Crippen LogP contribution in [0, 0.1) is 11.7 Å². The summed E-state index contributed by atoms with van der Waals surface area (Å²) in [4.78, 5) is 13.6. The molecule has 0 saturated carbocycles. The topological polar surface area (TPSA) is 84.4 Å². The molecule has 5 N–H and O–H groups in total. The van der Waals surface area contributed by atoms with E-state index in [9.17, 15) is 9.18 Å². The van der Waals surface area contributed by atoms with Crippen LogP contribution < -0.4 is 21.7 Å². The Kier molecular flexibility index (Phi) is 3.12. The number of hydrogen-bond donors (Lipinski definition) is 3. The average Bonchev–Trinajstić information content (AvgIpc) is 2.79. The van der Waals surface area contributed by atoms with Gasteiger partial charge in [0.25, 0.3) is 0 Å². The van der Waals surface area contributed by atoms with E-state index in [1.54, 1.807) is 0 Å². The lowest BCUT2D eigenvalue weighted by molar-refractivity contribution is -0.123. The second kappa shape index (κ2) is 4.70. The molecule has 2 aliphatic rings. The highest BCUT2D eigenvalue weighted by atomic mass is 35.5. The van der Waals surface area contributed by atoms with E-state index in [4.69, 9.17) is 23.1 Å². The van der Waals surface area contributed by atoms with Gasteiger partial charge >= 0.3 is 0 Å². The number of nitrogens with one attached hydrogen (secondary N) is 1. The number of benzene rings is 1. The highest BCUT2D eigenvalue weighted by Gasteiger charge is 2.42. The monoisotopic (exact) mass is 298 g/mol. The molecule has 2 saturated heterocycles. The summed E-state index contributed by atoms with van der Waals surface area (Å²) in [5.74, 6) is -0.691. The number of halogens is 2. The highest BCUT2D eigenvalue weighted by Crippen LogP contribution is 2.40. The first-order valence-corrected chi connectivity index (χ1v) is 6.95. The SMILES string of the molecule is Nc1cc(N)c(N2CCCC3C(=O)NCC32)c(F)c1Cl. The van der Waals surface area contributed by atoms with Crippen molar-refractivity contribution in [2.24, 2.45) is 5.92 Å². The van der Waals surface area contributed by atoms with Crippen LogP contribution in [0.15, 0.2) is 6.07 Å². The lowest BCUT2D eigenvalue weighted by Gasteiger charge is -2.38. The molecule has 2 fully saturated rings. The lowest BCUT2D eigenvalue weighted by atomic mass is 9.91. The maximum absolute atomic E-state index is 14.4. The molecule has 108 valence electrons. The zero-order chi connectivity index (χ0) is 14.4. The number of hydrogen-bond acceptors (Lipinski definition) is 4. The Labute approximate surface area is 121 Å². The van der Waals surface area contributed by atoms with Gasteiger partial charge in [-0.3, -0.25) is 4.79 Å². The van der Waals surface area contributed by atoms with E-state index in [1.165, 1.54) is 6.07 Å². The summed E-state index contributed by atoms with van der Waals surface area (Å²) in [5, 5.41) is 2.71. The van der Waals surface area contributed by atoms with Crippen molar-refractivity contribution in [1.82, 2.24) is 5.32 Å². The predicted octanol–water partition coefficient (Wildman–Crippen LogP) is 1.36. The Morgan fingerprint density at radius 3 is 2.90 bits per heavy atom. The number of nitrogen functional groups attached to an aromatic ring is 2. The molecule has 5 nitrogen and oxygen atoms in total. The van der Waals surface area contributed by atoms with Crippen LogP contribution in [0.4, 0.5) is 21.5 Å². The number of nitrogens with zero attached hydrogens (tertiary/aromatic N) is 1. The van der Waals surface area contributed by atoms with Crippen LogP contribution in [0.5, 0.6) is 0 Å². The molecule has 0 radical (unpaired) electrons. The quantitative estimate of drug-likeness (QED) is 0.684. The molecule has 0 aromatic heterocycles. The number of carbonyl (C=O) groups is 1. The van der Waals surface area contributed by atoms with Gasteiger partial charge in [-0.25, -0.2) is 4.39 Å². The molecule has 0 bridgehead atoms. The summed E-state index contributed by atoms with van der Waals surface area (Å²) < 4.78 is 14.4. The van der Waals surface area contributed by atoms with Crippen molar-refractivity contribution in [2.45, 2.75) is 18.9 Å². The molecule has 3 rings (SSSR count). The molecule has 0 spiro atoms. The zero-order valence-electron chi connectivity index (χ0n) is 10.8. The Morgan fingerprint density at radius 2 is 2.15 bits per heavy atom.